The molecule has 172 valence electrons. The predicted molar refractivity (Wildman–Crippen MR) is 66.5 cm³/mol. The van der Waals surface area contributed by atoms with Crippen molar-refractivity contribution in [3.8, 4) is 0 Å². The standard InChI is InChI=1S/C14H10F14.Pt/c15-9(16,11(19,20)13(23,24)25)7-5-3-1-2-4-6-8(7)10(17,18)12(21,22)14(26,27)28;/h1-2H,3-6H2;/q;+2. The maximum Gasteiger partial charge on any atom is 2.00 e. The molecule has 0 unspecified atom stereocenters. The Bertz CT molecular complexity index is 584. The van der Waals surface area contributed by atoms with Gasteiger partial charge in [0.2, 0.25) is 0 Å². The van der Waals surface area contributed by atoms with E-state index in [1.807, 2.05) is 0 Å². The van der Waals surface area contributed by atoms with Gasteiger partial charge in [0.15, 0.2) is 0 Å². The normalized spacial score (nSPS) is 18.3. The molecule has 0 aromatic rings. The summed E-state index contributed by atoms with van der Waals surface area (Å²) in [7, 11) is 0. The molecule has 29 heavy (non-hydrogen) atoms. The molecule has 1 rings (SSSR count). The summed E-state index contributed by atoms with van der Waals surface area (Å²) >= 11 is 0. The van der Waals surface area contributed by atoms with E-state index in [2.05, 4.69) is 0 Å². The molecule has 0 fully saturated rings. The third kappa shape index (κ3) is 4.76. The molecule has 0 saturated heterocycles. The first kappa shape index (κ1) is 28.2. The van der Waals surface area contributed by atoms with Crippen LogP contribution in [-0.4, -0.2) is 36.0 Å². The van der Waals surface area contributed by atoms with E-state index in [9.17, 15) is 61.5 Å². The molecular formula is C14H10F14Pt+2. The van der Waals surface area contributed by atoms with E-state index in [1.165, 1.54) is 0 Å². The van der Waals surface area contributed by atoms with E-state index >= 15 is 0 Å². The van der Waals surface area contributed by atoms with Crippen molar-refractivity contribution in [1.29, 1.82) is 0 Å². The van der Waals surface area contributed by atoms with Crippen molar-refractivity contribution in [1.82, 2.24) is 0 Å². The summed E-state index contributed by atoms with van der Waals surface area (Å²) in [6.45, 7) is 0. The van der Waals surface area contributed by atoms with Gasteiger partial charge in [0.05, 0.1) is 0 Å². The molecule has 0 aromatic heterocycles. The van der Waals surface area contributed by atoms with Crippen molar-refractivity contribution in [2.75, 3.05) is 0 Å². The van der Waals surface area contributed by atoms with E-state index in [1.54, 1.807) is 0 Å². The monoisotopic (exact) mass is 639 g/mol. The van der Waals surface area contributed by atoms with E-state index in [0.29, 0.717) is 0 Å². The summed E-state index contributed by atoms with van der Waals surface area (Å²) in [6, 6.07) is 0. The van der Waals surface area contributed by atoms with Crippen molar-refractivity contribution in [3.05, 3.63) is 23.3 Å². The summed E-state index contributed by atoms with van der Waals surface area (Å²) in [5.41, 5.74) is -5.60. The predicted octanol–water partition coefficient (Wildman–Crippen LogP) is 7.08. The van der Waals surface area contributed by atoms with Gasteiger partial charge in [-0.1, -0.05) is 12.2 Å². The third-order valence-corrected chi connectivity index (χ3v) is 3.91. The smallest absolute Gasteiger partial charge is 0.194 e. The minimum Gasteiger partial charge on any atom is -0.194 e. The van der Waals surface area contributed by atoms with Crippen LogP contribution in [0.5, 0.6) is 0 Å². The fourth-order valence-corrected chi connectivity index (χ4v) is 2.42. The van der Waals surface area contributed by atoms with Crippen molar-refractivity contribution in [2.45, 2.75) is 61.7 Å². The first-order valence-corrected chi connectivity index (χ1v) is 7.25. The van der Waals surface area contributed by atoms with Gasteiger partial charge in [0.25, 0.3) is 0 Å². The molecule has 1 aliphatic rings. The molecule has 1 aliphatic carbocycles. The third-order valence-electron chi connectivity index (χ3n) is 3.91. The second kappa shape index (κ2) is 8.37. The minimum atomic E-state index is -6.99. The molecule has 0 radical (unpaired) electrons. The van der Waals surface area contributed by atoms with E-state index < -0.39 is 72.9 Å². The molecule has 0 aromatic carbocycles. The van der Waals surface area contributed by atoms with Gasteiger partial charge in [-0.25, -0.2) is 0 Å². The molecule has 15 heteroatoms. The largest absolute Gasteiger partial charge is 2.00 e. The molecule has 0 bridgehead atoms. The summed E-state index contributed by atoms with van der Waals surface area (Å²) in [5.74, 6) is -27.0. The Morgan fingerprint density at radius 3 is 0.931 bits per heavy atom. The second-order valence-electron chi connectivity index (χ2n) is 5.80. The number of hydrogen-bond acceptors (Lipinski definition) is 0. The number of alkyl halides is 14. The maximum atomic E-state index is 14.0. The van der Waals surface area contributed by atoms with Crippen LogP contribution in [0.4, 0.5) is 61.5 Å². The summed E-state index contributed by atoms with van der Waals surface area (Å²) < 4.78 is 183. The minimum absolute atomic E-state index is 0. The fourth-order valence-electron chi connectivity index (χ4n) is 2.42. The first-order chi connectivity index (χ1) is 12.2. The summed E-state index contributed by atoms with van der Waals surface area (Å²) in [4.78, 5) is 0. The van der Waals surface area contributed by atoms with Crippen LogP contribution in [0.1, 0.15) is 25.7 Å². The van der Waals surface area contributed by atoms with Gasteiger partial charge in [0.1, 0.15) is 0 Å². The van der Waals surface area contributed by atoms with Gasteiger partial charge in [0, 0.05) is 11.1 Å². The average molecular weight is 639 g/mol. The molecular weight excluding hydrogens is 629 g/mol. The zero-order valence-electron chi connectivity index (χ0n) is 13.6. The fraction of sp³-hybridized carbons (Fsp3) is 0.714. The van der Waals surface area contributed by atoms with Crippen LogP contribution < -0.4 is 0 Å². The van der Waals surface area contributed by atoms with E-state index in [-0.39, 0.29) is 21.1 Å². The molecule has 0 nitrogen and oxygen atoms in total. The van der Waals surface area contributed by atoms with E-state index in [0.717, 1.165) is 12.2 Å². The summed E-state index contributed by atoms with van der Waals surface area (Å²) in [6.07, 6.45) is -17.3. The van der Waals surface area contributed by atoms with Crippen molar-refractivity contribution >= 4 is 0 Å². The Morgan fingerprint density at radius 1 is 0.483 bits per heavy atom. The molecule has 0 atom stereocenters. The van der Waals surface area contributed by atoms with Crippen LogP contribution in [0.15, 0.2) is 23.3 Å². The second-order valence-corrected chi connectivity index (χ2v) is 5.80. The van der Waals surface area contributed by atoms with Gasteiger partial charge in [-0.2, -0.15) is 61.5 Å². The molecule has 0 amide bonds. The zero-order chi connectivity index (χ0) is 22.4. The Labute approximate surface area is 168 Å². The van der Waals surface area contributed by atoms with Crippen molar-refractivity contribution in [3.63, 3.8) is 0 Å². The number of halogens is 14. The SMILES string of the molecule is FC(F)(F)C(F)(F)C(F)(F)C1=C(C(F)(F)C(F)(F)C(F)(F)F)CCC=CCC1.[Pt+2]. The van der Waals surface area contributed by atoms with Crippen LogP contribution in [-0.2, 0) is 21.1 Å². The average Bonchev–Trinajstić information content (AvgIpc) is 2.43. The van der Waals surface area contributed by atoms with Crippen LogP contribution in [0, 0.1) is 0 Å². The van der Waals surface area contributed by atoms with Gasteiger partial charge < -0.3 is 0 Å². The van der Waals surface area contributed by atoms with Crippen LogP contribution in [0.3, 0.4) is 0 Å². The van der Waals surface area contributed by atoms with E-state index in [4.69, 9.17) is 0 Å². The Balaban J connectivity index is 0.00000784. The first-order valence-electron chi connectivity index (χ1n) is 7.25. The number of allylic oxidation sites excluding steroid dienone is 4. The van der Waals surface area contributed by atoms with Gasteiger partial charge in [-0.3, -0.25) is 0 Å². The Morgan fingerprint density at radius 2 is 0.724 bits per heavy atom. The maximum absolute atomic E-state index is 14.0. The van der Waals surface area contributed by atoms with Crippen molar-refractivity contribution in [2.24, 2.45) is 0 Å². The van der Waals surface area contributed by atoms with Gasteiger partial charge >= 0.3 is 57.1 Å². The molecule has 0 saturated carbocycles. The number of hydrogen-bond donors (Lipinski definition) is 0. The summed E-state index contributed by atoms with van der Waals surface area (Å²) in [5, 5.41) is 0. The molecule has 0 spiro atoms. The van der Waals surface area contributed by atoms with Crippen LogP contribution >= 0.6 is 0 Å². The number of rotatable bonds is 4. The Hall–Kier alpha value is -0.812. The molecule has 0 heterocycles. The molecule has 0 N–H and O–H groups in total. The van der Waals surface area contributed by atoms with Gasteiger partial charge in [-0.15, -0.1) is 0 Å². The quantitative estimate of drug-likeness (QED) is 0.228. The van der Waals surface area contributed by atoms with Crippen LogP contribution in [0.2, 0.25) is 0 Å². The topological polar surface area (TPSA) is 0 Å². The van der Waals surface area contributed by atoms with Crippen molar-refractivity contribution < 1.29 is 82.5 Å². The van der Waals surface area contributed by atoms with Crippen LogP contribution in [0.25, 0.3) is 0 Å². The molecule has 0 aliphatic heterocycles. The van der Waals surface area contributed by atoms with Gasteiger partial charge in [-0.05, 0) is 25.7 Å². The Kier molecular flexibility index (Phi) is 8.14. The zero-order valence-corrected chi connectivity index (χ0v) is 15.9.